The summed E-state index contributed by atoms with van der Waals surface area (Å²) in [7, 11) is 0. The van der Waals surface area contributed by atoms with Crippen molar-refractivity contribution in [1.82, 2.24) is 10.1 Å². The van der Waals surface area contributed by atoms with Gasteiger partial charge in [-0.05, 0) is 24.3 Å². The van der Waals surface area contributed by atoms with Gasteiger partial charge in [0.1, 0.15) is 12.4 Å². The van der Waals surface area contributed by atoms with Crippen molar-refractivity contribution >= 4 is 22.9 Å². The molecular formula is C18H13N3O4S. The van der Waals surface area contributed by atoms with E-state index in [9.17, 15) is 4.79 Å². The zero-order chi connectivity index (χ0) is 17.8. The number of para-hydroxylation sites is 2. The Kier molecular flexibility index (Phi) is 4.48. The number of amides is 1. The fourth-order valence-electron chi connectivity index (χ4n) is 2.26. The number of ether oxygens (including phenoxy) is 1. The summed E-state index contributed by atoms with van der Waals surface area (Å²) in [5.41, 5.74) is 3.25. The van der Waals surface area contributed by atoms with Gasteiger partial charge in [0.05, 0.1) is 23.2 Å². The van der Waals surface area contributed by atoms with E-state index < -0.39 is 5.91 Å². The Morgan fingerprint density at radius 1 is 1.19 bits per heavy atom. The number of carbonyl (C=O) groups excluding carboxylic acids is 1. The van der Waals surface area contributed by atoms with E-state index in [1.807, 2.05) is 17.5 Å². The molecule has 0 spiro atoms. The SMILES string of the molecule is O=C(Nc1ccccc1OCc1cscn1)c1cc(-c2ccco2)on1. The molecule has 130 valence electrons. The molecule has 0 fully saturated rings. The summed E-state index contributed by atoms with van der Waals surface area (Å²) in [6.07, 6.45) is 1.52. The molecule has 0 unspecified atom stereocenters. The van der Waals surface area contributed by atoms with Crippen molar-refractivity contribution in [2.45, 2.75) is 6.61 Å². The monoisotopic (exact) mass is 367 g/mol. The van der Waals surface area contributed by atoms with Crippen molar-refractivity contribution in [1.29, 1.82) is 0 Å². The highest BCUT2D eigenvalue weighted by Crippen LogP contribution is 2.26. The number of carbonyl (C=O) groups is 1. The van der Waals surface area contributed by atoms with Crippen molar-refractivity contribution in [2.75, 3.05) is 5.32 Å². The van der Waals surface area contributed by atoms with Gasteiger partial charge in [-0.3, -0.25) is 4.79 Å². The number of aromatic nitrogens is 2. The quantitative estimate of drug-likeness (QED) is 0.549. The summed E-state index contributed by atoms with van der Waals surface area (Å²) in [5.74, 6) is 1.02. The molecule has 4 rings (SSSR count). The third kappa shape index (κ3) is 3.50. The number of furan rings is 1. The van der Waals surface area contributed by atoms with Crippen LogP contribution < -0.4 is 10.1 Å². The molecule has 0 aliphatic carbocycles. The smallest absolute Gasteiger partial charge is 0.277 e. The van der Waals surface area contributed by atoms with Crippen molar-refractivity contribution in [2.24, 2.45) is 0 Å². The lowest BCUT2D eigenvalue weighted by Crippen LogP contribution is -2.13. The highest BCUT2D eigenvalue weighted by molar-refractivity contribution is 7.07. The van der Waals surface area contributed by atoms with Crippen molar-refractivity contribution < 1.29 is 18.5 Å². The molecule has 0 aliphatic rings. The molecule has 0 aliphatic heterocycles. The summed E-state index contributed by atoms with van der Waals surface area (Å²) in [6, 6.07) is 12.1. The molecule has 3 aromatic heterocycles. The van der Waals surface area contributed by atoms with Crippen LogP contribution in [0.3, 0.4) is 0 Å². The number of hydrogen-bond donors (Lipinski definition) is 1. The van der Waals surface area contributed by atoms with E-state index in [2.05, 4.69) is 15.5 Å². The Labute approximate surface area is 152 Å². The lowest BCUT2D eigenvalue weighted by Gasteiger charge is -2.10. The maximum Gasteiger partial charge on any atom is 0.277 e. The van der Waals surface area contributed by atoms with E-state index in [0.717, 1.165) is 5.69 Å². The van der Waals surface area contributed by atoms with Crippen molar-refractivity contribution in [3.05, 3.63) is 71.0 Å². The Morgan fingerprint density at radius 3 is 2.92 bits per heavy atom. The number of nitrogens with zero attached hydrogens (tertiary/aromatic N) is 2. The first kappa shape index (κ1) is 16.1. The molecule has 0 saturated carbocycles. The maximum absolute atomic E-state index is 12.5. The van der Waals surface area contributed by atoms with Gasteiger partial charge in [-0.1, -0.05) is 17.3 Å². The first-order chi connectivity index (χ1) is 12.8. The molecule has 3 heterocycles. The van der Waals surface area contributed by atoms with Gasteiger partial charge in [0.25, 0.3) is 5.91 Å². The fraction of sp³-hybridized carbons (Fsp3) is 0.0556. The largest absolute Gasteiger partial charge is 0.485 e. The van der Waals surface area contributed by atoms with Crippen molar-refractivity contribution in [3.8, 4) is 17.3 Å². The number of hydrogen-bond acceptors (Lipinski definition) is 7. The average molecular weight is 367 g/mol. The topological polar surface area (TPSA) is 90.4 Å². The van der Waals surface area contributed by atoms with Crippen LogP contribution in [0.15, 0.2) is 68.6 Å². The van der Waals surface area contributed by atoms with E-state index in [-0.39, 0.29) is 5.69 Å². The number of thiazole rings is 1. The zero-order valence-electron chi connectivity index (χ0n) is 13.4. The first-order valence-corrected chi connectivity index (χ1v) is 8.65. The summed E-state index contributed by atoms with van der Waals surface area (Å²) in [6.45, 7) is 0.322. The van der Waals surface area contributed by atoms with Crippen LogP contribution in [0, 0.1) is 0 Å². The van der Waals surface area contributed by atoms with E-state index >= 15 is 0 Å². The lowest BCUT2D eigenvalue weighted by molar-refractivity contribution is 0.101. The van der Waals surface area contributed by atoms with Crippen molar-refractivity contribution in [3.63, 3.8) is 0 Å². The summed E-state index contributed by atoms with van der Waals surface area (Å²) in [4.78, 5) is 16.6. The Balaban J connectivity index is 1.47. The second-order valence-electron chi connectivity index (χ2n) is 5.27. The summed E-state index contributed by atoms with van der Waals surface area (Å²) in [5, 5.41) is 8.48. The summed E-state index contributed by atoms with van der Waals surface area (Å²) >= 11 is 1.50. The average Bonchev–Trinajstić information content (AvgIpc) is 3.42. The van der Waals surface area contributed by atoms with E-state index in [0.29, 0.717) is 29.6 Å². The third-order valence-corrected chi connectivity index (χ3v) is 4.14. The predicted octanol–water partition coefficient (Wildman–Crippen LogP) is 4.22. The van der Waals surface area contributed by atoms with Crippen LogP contribution in [0.4, 0.5) is 5.69 Å². The highest BCUT2D eigenvalue weighted by Gasteiger charge is 2.16. The molecule has 1 amide bonds. The minimum absolute atomic E-state index is 0.144. The van der Waals surface area contributed by atoms with Crippen LogP contribution in [-0.2, 0) is 6.61 Å². The van der Waals surface area contributed by atoms with E-state index in [1.54, 1.807) is 29.8 Å². The number of nitrogens with one attached hydrogen (secondary N) is 1. The second-order valence-corrected chi connectivity index (χ2v) is 5.99. The Morgan fingerprint density at radius 2 is 2.12 bits per heavy atom. The van der Waals surface area contributed by atoms with Crippen LogP contribution in [-0.4, -0.2) is 16.0 Å². The van der Waals surface area contributed by atoms with Gasteiger partial charge in [-0.2, -0.15) is 0 Å². The standard InChI is InChI=1S/C18H13N3O4S/c22-18(14-8-17(25-21-14)16-6-3-7-23-16)20-13-4-1-2-5-15(13)24-9-12-10-26-11-19-12/h1-8,10-11H,9H2,(H,20,22). The Hall–Kier alpha value is -3.39. The fourth-order valence-corrected chi connectivity index (χ4v) is 2.80. The first-order valence-electron chi connectivity index (χ1n) is 7.70. The van der Waals surface area contributed by atoms with Crippen LogP contribution in [0.5, 0.6) is 5.75 Å². The van der Waals surface area contributed by atoms with Crippen LogP contribution >= 0.6 is 11.3 Å². The van der Waals surface area contributed by atoms with Crippen LogP contribution in [0.2, 0.25) is 0 Å². The van der Waals surface area contributed by atoms with Gasteiger partial charge >= 0.3 is 0 Å². The number of benzene rings is 1. The van der Waals surface area contributed by atoms with Crippen LogP contribution in [0.25, 0.3) is 11.5 Å². The molecule has 7 nitrogen and oxygen atoms in total. The third-order valence-electron chi connectivity index (χ3n) is 3.50. The molecule has 0 saturated heterocycles. The molecule has 0 bridgehead atoms. The Bertz CT molecular complexity index is 993. The van der Waals surface area contributed by atoms with E-state index in [1.165, 1.54) is 23.7 Å². The van der Waals surface area contributed by atoms with E-state index in [4.69, 9.17) is 13.7 Å². The van der Waals surface area contributed by atoms with Gasteiger partial charge in [-0.15, -0.1) is 11.3 Å². The lowest BCUT2D eigenvalue weighted by atomic mass is 10.2. The zero-order valence-corrected chi connectivity index (χ0v) is 14.2. The molecule has 1 aromatic carbocycles. The van der Waals surface area contributed by atoms with Gasteiger partial charge in [-0.25, -0.2) is 4.98 Å². The van der Waals surface area contributed by atoms with Crippen LogP contribution in [0.1, 0.15) is 16.2 Å². The van der Waals surface area contributed by atoms with Gasteiger partial charge in [0, 0.05) is 11.4 Å². The molecular weight excluding hydrogens is 354 g/mol. The molecule has 1 N–H and O–H groups in total. The molecule has 0 radical (unpaired) electrons. The minimum Gasteiger partial charge on any atom is -0.485 e. The van der Waals surface area contributed by atoms with Gasteiger partial charge < -0.3 is 19.0 Å². The highest BCUT2D eigenvalue weighted by atomic mass is 32.1. The molecule has 0 atom stereocenters. The summed E-state index contributed by atoms with van der Waals surface area (Å²) < 4.78 is 16.1. The molecule has 26 heavy (non-hydrogen) atoms. The normalized spacial score (nSPS) is 10.6. The van der Waals surface area contributed by atoms with Gasteiger partial charge in [0.15, 0.2) is 11.5 Å². The molecule has 4 aromatic rings. The maximum atomic E-state index is 12.5. The minimum atomic E-state index is -0.406. The molecule has 8 heteroatoms. The number of rotatable bonds is 6. The predicted molar refractivity (Wildman–Crippen MR) is 95.0 cm³/mol. The number of anilines is 1. The second kappa shape index (κ2) is 7.24. The van der Waals surface area contributed by atoms with Gasteiger partial charge in [0.2, 0.25) is 5.76 Å².